The lowest BCUT2D eigenvalue weighted by Crippen LogP contribution is -2.30. The van der Waals surface area contributed by atoms with Crippen LogP contribution in [0.2, 0.25) is 0 Å². The summed E-state index contributed by atoms with van der Waals surface area (Å²) in [5, 5.41) is 4.93. The van der Waals surface area contributed by atoms with Gasteiger partial charge in [-0.15, -0.1) is 0 Å². The van der Waals surface area contributed by atoms with E-state index in [2.05, 4.69) is 6.07 Å². The maximum absolute atomic E-state index is 13.6. The summed E-state index contributed by atoms with van der Waals surface area (Å²) in [6.07, 6.45) is 3.96. The van der Waals surface area contributed by atoms with E-state index in [1.165, 1.54) is 11.8 Å². The molecule has 1 aromatic heterocycles. The number of hydrogen-bond donors (Lipinski definition) is 0. The molecule has 7 heteroatoms. The van der Waals surface area contributed by atoms with E-state index in [0.29, 0.717) is 9.23 Å². The Kier molecular flexibility index (Phi) is 7.49. The summed E-state index contributed by atoms with van der Waals surface area (Å²) in [7, 11) is 0. The van der Waals surface area contributed by atoms with Gasteiger partial charge in [0.15, 0.2) is 0 Å². The first-order valence-corrected chi connectivity index (χ1v) is 13.8. The lowest BCUT2D eigenvalue weighted by atomic mass is 10.0. The second-order valence-electron chi connectivity index (χ2n) is 9.50. The molecule has 5 rings (SSSR count). The molecule has 0 unspecified atom stereocenters. The van der Waals surface area contributed by atoms with E-state index in [9.17, 15) is 4.79 Å². The summed E-state index contributed by atoms with van der Waals surface area (Å²) in [6.45, 7) is 8.07. The monoisotopic (exact) mass is 539 g/mol. The van der Waals surface area contributed by atoms with Crippen LogP contribution in [0.15, 0.2) is 90.0 Å². The van der Waals surface area contributed by atoms with Gasteiger partial charge < -0.3 is 4.74 Å². The van der Waals surface area contributed by atoms with Gasteiger partial charge in [-0.2, -0.15) is 5.10 Å². The Hall–Kier alpha value is -3.68. The molecular formula is C31H29N3O2S2. The van der Waals surface area contributed by atoms with Gasteiger partial charge in [-0.1, -0.05) is 72.5 Å². The number of aryl methyl sites for hydroxylation is 1. The van der Waals surface area contributed by atoms with Gasteiger partial charge in [-0.25, -0.2) is 4.68 Å². The maximum atomic E-state index is 13.6. The van der Waals surface area contributed by atoms with Crippen molar-refractivity contribution in [1.29, 1.82) is 0 Å². The predicted molar refractivity (Wildman–Crippen MR) is 159 cm³/mol. The highest BCUT2D eigenvalue weighted by atomic mass is 32.2. The third-order valence-corrected chi connectivity index (χ3v) is 7.68. The molecule has 192 valence electrons. The summed E-state index contributed by atoms with van der Waals surface area (Å²) in [5.41, 5.74) is 5.59. The minimum absolute atomic E-state index is 0.0904. The largest absolute Gasteiger partial charge is 0.491 e. The van der Waals surface area contributed by atoms with Crippen LogP contribution in [0.1, 0.15) is 43.5 Å². The van der Waals surface area contributed by atoms with Crippen LogP contribution in [0.4, 0.5) is 0 Å². The molecule has 0 N–H and O–H groups in total. The highest BCUT2D eigenvalue weighted by molar-refractivity contribution is 8.26. The van der Waals surface area contributed by atoms with Gasteiger partial charge in [0.2, 0.25) is 0 Å². The quantitative estimate of drug-likeness (QED) is 0.179. The number of para-hydroxylation sites is 1. The van der Waals surface area contributed by atoms with Crippen LogP contribution < -0.4 is 4.74 Å². The lowest BCUT2D eigenvalue weighted by molar-refractivity contribution is -0.123. The van der Waals surface area contributed by atoms with Gasteiger partial charge in [0.25, 0.3) is 5.91 Å². The van der Waals surface area contributed by atoms with Crippen LogP contribution in [0.5, 0.6) is 5.75 Å². The van der Waals surface area contributed by atoms with Gasteiger partial charge in [-0.3, -0.25) is 9.69 Å². The number of benzene rings is 3. The number of amides is 1. The van der Waals surface area contributed by atoms with Crippen LogP contribution in [-0.4, -0.2) is 31.0 Å². The molecule has 2 heterocycles. The van der Waals surface area contributed by atoms with Crippen LogP contribution in [-0.2, 0) is 4.79 Å². The van der Waals surface area contributed by atoms with Crippen LogP contribution >= 0.6 is 24.0 Å². The summed E-state index contributed by atoms with van der Waals surface area (Å²) < 4.78 is 8.35. The molecule has 0 bridgehead atoms. The SMILES string of the molecule is Cc1cc(-c2nn(-c3ccccc3)cc2/C=C2\SC(=S)N([C@@H](C)c3ccccc3)C2=O)ccc1OC(C)C. The molecule has 0 radical (unpaired) electrons. The van der Waals surface area contributed by atoms with Gasteiger partial charge in [0.1, 0.15) is 15.8 Å². The van der Waals surface area contributed by atoms with Crippen molar-refractivity contribution >= 4 is 40.3 Å². The molecule has 38 heavy (non-hydrogen) atoms. The fourth-order valence-corrected chi connectivity index (χ4v) is 5.86. The molecule has 1 fully saturated rings. The van der Waals surface area contributed by atoms with E-state index < -0.39 is 0 Å². The van der Waals surface area contributed by atoms with Crippen LogP contribution in [0.3, 0.4) is 0 Å². The Bertz CT molecular complexity index is 1510. The third kappa shape index (κ3) is 5.30. The first-order chi connectivity index (χ1) is 18.3. The summed E-state index contributed by atoms with van der Waals surface area (Å²) in [6, 6.07) is 25.8. The number of thiocarbonyl (C=S) groups is 1. The third-order valence-electron chi connectivity index (χ3n) is 6.35. The number of hydrogen-bond acceptors (Lipinski definition) is 5. The molecule has 1 saturated heterocycles. The minimum atomic E-state index is -0.155. The molecule has 1 atom stereocenters. The molecule has 0 aliphatic carbocycles. The van der Waals surface area contributed by atoms with E-state index >= 15 is 0 Å². The van der Waals surface area contributed by atoms with Gasteiger partial charge in [-0.05, 0) is 75.2 Å². The fourth-order valence-electron chi connectivity index (χ4n) is 4.45. The Labute approximate surface area is 233 Å². The topological polar surface area (TPSA) is 47.4 Å². The fraction of sp³-hybridized carbons (Fsp3) is 0.194. The second-order valence-corrected chi connectivity index (χ2v) is 11.2. The lowest BCUT2D eigenvalue weighted by Gasteiger charge is -2.23. The zero-order valence-corrected chi connectivity index (χ0v) is 23.4. The van der Waals surface area contributed by atoms with Crippen LogP contribution in [0.25, 0.3) is 23.0 Å². The molecule has 4 aromatic rings. The Morgan fingerprint density at radius 2 is 1.66 bits per heavy atom. The first kappa shape index (κ1) is 25.9. The molecule has 1 aliphatic rings. The van der Waals surface area contributed by atoms with Gasteiger partial charge in [0, 0.05) is 17.3 Å². The summed E-state index contributed by atoms with van der Waals surface area (Å²) in [4.78, 5) is 15.9. The van der Waals surface area contributed by atoms with Crippen molar-refractivity contribution in [2.45, 2.75) is 39.8 Å². The smallest absolute Gasteiger partial charge is 0.266 e. The van der Waals surface area contributed by atoms with Gasteiger partial charge in [0.05, 0.1) is 22.7 Å². The highest BCUT2D eigenvalue weighted by Crippen LogP contribution is 2.39. The van der Waals surface area contributed by atoms with E-state index in [1.807, 2.05) is 117 Å². The molecule has 3 aromatic carbocycles. The average Bonchev–Trinajstić information content (AvgIpc) is 3.46. The number of aromatic nitrogens is 2. The first-order valence-electron chi connectivity index (χ1n) is 12.6. The zero-order chi connectivity index (χ0) is 26.8. The maximum Gasteiger partial charge on any atom is 0.266 e. The summed E-state index contributed by atoms with van der Waals surface area (Å²) >= 11 is 6.99. The van der Waals surface area contributed by atoms with Crippen molar-refractivity contribution < 1.29 is 9.53 Å². The van der Waals surface area contributed by atoms with E-state index in [1.54, 1.807) is 4.90 Å². The minimum Gasteiger partial charge on any atom is -0.491 e. The van der Waals surface area contributed by atoms with Gasteiger partial charge >= 0.3 is 0 Å². The number of nitrogens with zero attached hydrogens (tertiary/aromatic N) is 3. The molecule has 0 saturated carbocycles. The van der Waals surface area contributed by atoms with Crippen LogP contribution in [0, 0.1) is 6.92 Å². The Morgan fingerprint density at radius 1 is 0.974 bits per heavy atom. The van der Waals surface area contributed by atoms with E-state index in [0.717, 1.165) is 39.4 Å². The van der Waals surface area contributed by atoms with E-state index in [-0.39, 0.29) is 18.1 Å². The highest BCUT2D eigenvalue weighted by Gasteiger charge is 2.36. The number of rotatable bonds is 7. The summed E-state index contributed by atoms with van der Waals surface area (Å²) in [5.74, 6) is 0.759. The number of thioether (sulfide) groups is 1. The van der Waals surface area contributed by atoms with Crippen molar-refractivity contribution in [2.24, 2.45) is 0 Å². The number of ether oxygens (including phenoxy) is 1. The second kappa shape index (κ2) is 11.0. The van der Waals surface area contributed by atoms with E-state index in [4.69, 9.17) is 22.1 Å². The Balaban J connectivity index is 1.55. The molecule has 1 amide bonds. The average molecular weight is 540 g/mol. The number of carbonyl (C=O) groups excluding carboxylic acids is 1. The van der Waals surface area contributed by atoms with Crippen molar-refractivity contribution in [1.82, 2.24) is 14.7 Å². The molecule has 5 nitrogen and oxygen atoms in total. The normalized spacial score (nSPS) is 15.5. The standard InChI is InChI=1S/C31H29N3O2S2/c1-20(2)36-27-16-15-24(17-21(27)3)29-25(19-33(32-29)26-13-9-6-10-14-26)18-28-30(35)34(31(37)38-28)22(4)23-11-7-5-8-12-23/h5-20,22H,1-4H3/b28-18-/t22-/m0/s1. The number of carbonyl (C=O) groups is 1. The zero-order valence-electron chi connectivity index (χ0n) is 21.8. The van der Waals surface area contributed by atoms with Crippen molar-refractivity contribution in [2.75, 3.05) is 0 Å². The predicted octanol–water partition coefficient (Wildman–Crippen LogP) is 7.60. The Morgan fingerprint density at radius 3 is 2.32 bits per heavy atom. The molecular weight excluding hydrogens is 510 g/mol. The molecule has 0 spiro atoms. The van der Waals surface area contributed by atoms with Crippen molar-refractivity contribution in [3.63, 3.8) is 0 Å². The van der Waals surface area contributed by atoms with Crippen molar-refractivity contribution in [3.8, 4) is 22.7 Å². The molecule has 1 aliphatic heterocycles. The van der Waals surface area contributed by atoms with Crippen molar-refractivity contribution in [3.05, 3.63) is 107 Å².